The summed E-state index contributed by atoms with van der Waals surface area (Å²) in [6.07, 6.45) is 22.5. The molecule has 0 aromatic carbocycles. The molecule has 6 N–H and O–H groups in total. The SMILES string of the molecule is CCCCCCCCCC/C=C/C(O)C(COC1OC(CO)C(O)C(O)C1O)NC(=O)CCCCCCCCCCCCCCC. The number of aliphatic hydroxyl groups is 5. The number of carbonyl (C=O) groups excluding carboxylic acids is 1. The lowest BCUT2D eigenvalue weighted by atomic mass is 9.99. The lowest BCUT2D eigenvalue weighted by molar-refractivity contribution is -0.302. The average molecular weight is 658 g/mol. The van der Waals surface area contributed by atoms with Gasteiger partial charge in [-0.1, -0.05) is 148 Å². The Morgan fingerprint density at radius 3 is 1.70 bits per heavy atom. The Balaban J connectivity index is 2.46. The molecule has 7 atom stereocenters. The lowest BCUT2D eigenvalue weighted by Crippen LogP contribution is -2.60. The predicted molar refractivity (Wildman–Crippen MR) is 184 cm³/mol. The normalized spacial score (nSPS) is 23.2. The third-order valence-electron chi connectivity index (χ3n) is 9.11. The highest BCUT2D eigenvalue weighted by atomic mass is 16.7. The second kappa shape index (κ2) is 28.9. The number of rotatable bonds is 30. The van der Waals surface area contributed by atoms with Gasteiger partial charge in [0, 0.05) is 6.42 Å². The minimum atomic E-state index is -1.56. The zero-order chi connectivity index (χ0) is 33.8. The van der Waals surface area contributed by atoms with Gasteiger partial charge in [-0.3, -0.25) is 4.79 Å². The summed E-state index contributed by atoms with van der Waals surface area (Å²) in [5.41, 5.74) is 0. The van der Waals surface area contributed by atoms with Crippen LogP contribution in [0.25, 0.3) is 0 Å². The standard InChI is InChI=1S/C37H71NO8/c1-3-5-7-9-11-13-15-16-17-19-21-23-25-27-33(41)38-30(29-45-37-36(44)35(43)34(42)32(28-39)46-37)31(40)26-24-22-20-18-14-12-10-8-6-4-2/h24,26,30-32,34-37,39-40,42-44H,3-23,25,27-29H2,1-2H3,(H,38,41)/b26-24+. The summed E-state index contributed by atoms with van der Waals surface area (Å²) in [5, 5.41) is 53.8. The Morgan fingerprint density at radius 1 is 0.717 bits per heavy atom. The Kier molecular flexibility index (Phi) is 27.0. The minimum Gasteiger partial charge on any atom is -0.394 e. The molecule has 272 valence electrons. The second-order valence-corrected chi connectivity index (χ2v) is 13.4. The molecule has 0 aromatic heterocycles. The van der Waals surface area contributed by atoms with Gasteiger partial charge in [-0.2, -0.15) is 0 Å². The van der Waals surface area contributed by atoms with Gasteiger partial charge < -0.3 is 40.3 Å². The van der Waals surface area contributed by atoms with Gasteiger partial charge in [0.05, 0.1) is 25.4 Å². The summed E-state index contributed by atoms with van der Waals surface area (Å²) < 4.78 is 11.1. The molecule has 0 saturated carbocycles. The summed E-state index contributed by atoms with van der Waals surface area (Å²) in [6, 6.07) is -0.795. The first kappa shape index (κ1) is 43.0. The monoisotopic (exact) mass is 658 g/mol. The molecule has 1 heterocycles. The molecule has 0 bridgehead atoms. The fourth-order valence-electron chi connectivity index (χ4n) is 5.98. The van der Waals surface area contributed by atoms with Gasteiger partial charge in [0.25, 0.3) is 0 Å². The number of carbonyl (C=O) groups is 1. The summed E-state index contributed by atoms with van der Waals surface area (Å²) in [4.78, 5) is 12.8. The molecule has 1 rings (SSSR count). The maximum absolute atomic E-state index is 12.8. The van der Waals surface area contributed by atoms with Crippen molar-refractivity contribution in [2.45, 2.75) is 204 Å². The van der Waals surface area contributed by atoms with Gasteiger partial charge in [0.1, 0.15) is 24.4 Å². The molecule has 0 radical (unpaired) electrons. The second-order valence-electron chi connectivity index (χ2n) is 13.4. The molecule has 1 aliphatic rings. The van der Waals surface area contributed by atoms with Crippen LogP contribution in [-0.2, 0) is 14.3 Å². The van der Waals surface area contributed by atoms with Crippen LogP contribution in [0.15, 0.2) is 12.2 Å². The first-order valence-corrected chi connectivity index (χ1v) is 18.9. The molecule has 9 heteroatoms. The summed E-state index contributed by atoms with van der Waals surface area (Å²) in [6.45, 7) is 3.72. The first-order valence-electron chi connectivity index (χ1n) is 18.9. The molecule has 1 fully saturated rings. The largest absolute Gasteiger partial charge is 0.394 e. The van der Waals surface area contributed by atoms with Crippen molar-refractivity contribution in [3.63, 3.8) is 0 Å². The highest BCUT2D eigenvalue weighted by Crippen LogP contribution is 2.22. The van der Waals surface area contributed by atoms with Crippen molar-refractivity contribution in [3.8, 4) is 0 Å². The predicted octanol–water partition coefficient (Wildman–Crippen LogP) is 6.22. The van der Waals surface area contributed by atoms with Gasteiger partial charge in [-0.15, -0.1) is 0 Å². The molecule has 1 amide bonds. The van der Waals surface area contributed by atoms with Crippen LogP contribution in [0.5, 0.6) is 0 Å². The molecule has 1 aliphatic heterocycles. The van der Waals surface area contributed by atoms with E-state index in [0.29, 0.717) is 6.42 Å². The average Bonchev–Trinajstić information content (AvgIpc) is 3.05. The number of nitrogens with one attached hydrogen (secondary N) is 1. The van der Waals surface area contributed by atoms with E-state index in [1.54, 1.807) is 6.08 Å². The Labute approximate surface area is 280 Å². The molecule has 0 aromatic rings. The fourth-order valence-corrected chi connectivity index (χ4v) is 5.98. The van der Waals surface area contributed by atoms with Crippen molar-refractivity contribution in [1.82, 2.24) is 5.32 Å². The van der Waals surface area contributed by atoms with Gasteiger partial charge in [-0.25, -0.2) is 0 Å². The first-order chi connectivity index (χ1) is 22.3. The van der Waals surface area contributed by atoms with Crippen LogP contribution in [0, 0.1) is 0 Å². The quantitative estimate of drug-likeness (QED) is 0.0394. The van der Waals surface area contributed by atoms with Crippen LogP contribution in [-0.4, -0.2) is 87.5 Å². The third kappa shape index (κ3) is 20.3. The number of unbranched alkanes of at least 4 members (excludes halogenated alkanes) is 20. The van der Waals surface area contributed by atoms with E-state index < -0.39 is 49.5 Å². The third-order valence-corrected chi connectivity index (χ3v) is 9.11. The Hall–Kier alpha value is -1.07. The van der Waals surface area contributed by atoms with Gasteiger partial charge in [0.15, 0.2) is 6.29 Å². The summed E-state index contributed by atoms with van der Waals surface area (Å²) >= 11 is 0. The van der Waals surface area contributed by atoms with E-state index in [9.17, 15) is 30.3 Å². The number of amides is 1. The van der Waals surface area contributed by atoms with E-state index >= 15 is 0 Å². The highest BCUT2D eigenvalue weighted by molar-refractivity contribution is 5.76. The van der Waals surface area contributed by atoms with E-state index in [2.05, 4.69) is 19.2 Å². The van der Waals surface area contributed by atoms with Crippen LogP contribution in [0.2, 0.25) is 0 Å². The zero-order valence-electron chi connectivity index (χ0n) is 29.3. The van der Waals surface area contributed by atoms with Crippen molar-refractivity contribution < 1.29 is 39.8 Å². The molecule has 0 aliphatic carbocycles. The van der Waals surface area contributed by atoms with E-state index in [-0.39, 0.29) is 12.5 Å². The van der Waals surface area contributed by atoms with Crippen LogP contribution in [0.3, 0.4) is 0 Å². The topological polar surface area (TPSA) is 149 Å². The van der Waals surface area contributed by atoms with Crippen LogP contribution in [0.1, 0.15) is 162 Å². The van der Waals surface area contributed by atoms with Crippen molar-refractivity contribution in [2.75, 3.05) is 13.2 Å². The van der Waals surface area contributed by atoms with Gasteiger partial charge >= 0.3 is 0 Å². The van der Waals surface area contributed by atoms with Gasteiger partial charge in [-0.05, 0) is 19.3 Å². The molecule has 1 saturated heterocycles. The number of ether oxygens (including phenoxy) is 2. The fraction of sp³-hybridized carbons (Fsp3) is 0.919. The number of hydrogen-bond donors (Lipinski definition) is 6. The molecule has 9 nitrogen and oxygen atoms in total. The minimum absolute atomic E-state index is 0.180. The smallest absolute Gasteiger partial charge is 0.220 e. The van der Waals surface area contributed by atoms with Gasteiger partial charge in [0.2, 0.25) is 5.91 Å². The van der Waals surface area contributed by atoms with E-state index in [0.717, 1.165) is 38.5 Å². The number of allylic oxidation sites excluding steroid dienone is 1. The van der Waals surface area contributed by atoms with Crippen LogP contribution in [0.4, 0.5) is 0 Å². The van der Waals surface area contributed by atoms with Crippen LogP contribution < -0.4 is 5.32 Å². The molecular weight excluding hydrogens is 586 g/mol. The molecule has 0 spiro atoms. The van der Waals surface area contributed by atoms with E-state index in [1.165, 1.54) is 103 Å². The molecule has 46 heavy (non-hydrogen) atoms. The van der Waals surface area contributed by atoms with Crippen molar-refractivity contribution in [1.29, 1.82) is 0 Å². The Morgan fingerprint density at radius 2 is 1.20 bits per heavy atom. The maximum atomic E-state index is 12.8. The lowest BCUT2D eigenvalue weighted by Gasteiger charge is -2.40. The van der Waals surface area contributed by atoms with E-state index in [4.69, 9.17) is 9.47 Å². The zero-order valence-corrected chi connectivity index (χ0v) is 29.3. The molecule has 7 unspecified atom stereocenters. The number of aliphatic hydroxyl groups excluding tert-OH is 5. The maximum Gasteiger partial charge on any atom is 0.220 e. The van der Waals surface area contributed by atoms with Crippen LogP contribution >= 0.6 is 0 Å². The highest BCUT2D eigenvalue weighted by Gasteiger charge is 2.44. The Bertz CT molecular complexity index is 736. The van der Waals surface area contributed by atoms with Crippen molar-refractivity contribution >= 4 is 5.91 Å². The van der Waals surface area contributed by atoms with Crippen molar-refractivity contribution in [3.05, 3.63) is 12.2 Å². The number of hydrogen-bond acceptors (Lipinski definition) is 8. The summed E-state index contributed by atoms with van der Waals surface area (Å²) in [7, 11) is 0. The van der Waals surface area contributed by atoms with Crippen molar-refractivity contribution in [2.24, 2.45) is 0 Å². The molecular formula is C37H71NO8. The summed E-state index contributed by atoms with van der Waals surface area (Å²) in [5.74, 6) is -0.180. The van der Waals surface area contributed by atoms with E-state index in [1.807, 2.05) is 6.08 Å².